The molecule has 0 radical (unpaired) electrons. The van der Waals surface area contributed by atoms with Crippen molar-refractivity contribution >= 4 is 5.69 Å². The normalized spacial score (nSPS) is 16.0. The van der Waals surface area contributed by atoms with Gasteiger partial charge in [0.2, 0.25) is 12.3 Å². The topological polar surface area (TPSA) is 74.9 Å². The lowest BCUT2D eigenvalue weighted by atomic mass is 10.2. The van der Waals surface area contributed by atoms with Crippen molar-refractivity contribution in [3.63, 3.8) is 0 Å². The number of nitrogens with zero attached hydrogens (tertiary/aromatic N) is 4. The number of hydrogen-bond acceptors (Lipinski definition) is 7. The van der Waals surface area contributed by atoms with Crippen molar-refractivity contribution in [2.75, 3.05) is 44.2 Å². The first-order chi connectivity index (χ1) is 14.2. The monoisotopic (exact) mass is 398 g/mol. The summed E-state index contributed by atoms with van der Waals surface area (Å²) in [6, 6.07) is 14.1. The van der Waals surface area contributed by atoms with Crippen LogP contribution >= 0.6 is 0 Å². The Kier molecular flexibility index (Phi) is 6.02. The first-order valence-corrected chi connectivity index (χ1v) is 9.58. The molecule has 2 heterocycles. The molecule has 4 rings (SSSR count). The van der Waals surface area contributed by atoms with E-state index in [4.69, 9.17) is 9.15 Å². The molecule has 0 unspecified atom stereocenters. The van der Waals surface area contributed by atoms with E-state index in [2.05, 4.69) is 15.1 Å². The van der Waals surface area contributed by atoms with Crippen molar-refractivity contribution in [3.8, 4) is 17.2 Å². The van der Waals surface area contributed by atoms with Gasteiger partial charge < -0.3 is 19.2 Å². The van der Waals surface area contributed by atoms with E-state index in [1.807, 2.05) is 29.2 Å². The second-order valence-corrected chi connectivity index (χ2v) is 6.98. The van der Waals surface area contributed by atoms with Crippen LogP contribution in [-0.2, 0) is 0 Å². The highest BCUT2D eigenvalue weighted by atomic mass is 19.1. The number of ether oxygens (including phenoxy) is 1. The molecular formula is C21H23FN4O3. The largest absolute Gasteiger partial charge is 0.491 e. The molecule has 0 spiro atoms. The highest BCUT2D eigenvalue weighted by Crippen LogP contribution is 2.22. The summed E-state index contributed by atoms with van der Waals surface area (Å²) >= 11 is 0. The Morgan fingerprint density at radius 1 is 1.10 bits per heavy atom. The molecule has 1 fully saturated rings. The highest BCUT2D eigenvalue weighted by Gasteiger charge is 2.21. The average Bonchev–Trinajstić information content (AvgIpc) is 3.29. The number of para-hydroxylation sites is 1. The number of benzene rings is 2. The van der Waals surface area contributed by atoms with Crippen molar-refractivity contribution in [1.29, 1.82) is 0 Å². The van der Waals surface area contributed by atoms with Gasteiger partial charge in [0, 0.05) is 38.3 Å². The zero-order valence-electron chi connectivity index (χ0n) is 15.9. The van der Waals surface area contributed by atoms with Crippen LogP contribution in [0, 0.1) is 5.82 Å². The number of β-amino-alcohol motifs (C(OH)–C–C–N with tert-alkyl or cyclic N) is 1. The van der Waals surface area contributed by atoms with Gasteiger partial charge in [0.25, 0.3) is 0 Å². The van der Waals surface area contributed by atoms with Gasteiger partial charge in [0.15, 0.2) is 0 Å². The Balaban J connectivity index is 1.24. The third-order valence-electron chi connectivity index (χ3n) is 4.92. The van der Waals surface area contributed by atoms with Crippen molar-refractivity contribution < 1.29 is 18.7 Å². The van der Waals surface area contributed by atoms with E-state index in [9.17, 15) is 9.50 Å². The fourth-order valence-corrected chi connectivity index (χ4v) is 3.44. The maximum atomic E-state index is 13.9. The summed E-state index contributed by atoms with van der Waals surface area (Å²) in [4.78, 5) is 4.21. The SMILES string of the molecule is O[C@H](COc1cccc(-c2nnco2)c1)CN1CCN(c2ccccc2F)CC1. The third-order valence-corrected chi connectivity index (χ3v) is 4.92. The van der Waals surface area contributed by atoms with Crippen LogP contribution in [-0.4, -0.2) is 65.6 Å². The quantitative estimate of drug-likeness (QED) is 0.655. The van der Waals surface area contributed by atoms with E-state index in [0.717, 1.165) is 31.7 Å². The molecule has 1 aromatic heterocycles. The van der Waals surface area contributed by atoms with E-state index in [0.29, 0.717) is 23.9 Å². The molecule has 0 aliphatic carbocycles. The Labute approximate surface area is 168 Å². The van der Waals surface area contributed by atoms with Crippen LogP contribution in [0.5, 0.6) is 5.75 Å². The second kappa shape index (κ2) is 9.02. The summed E-state index contributed by atoms with van der Waals surface area (Å²) in [5.74, 6) is 0.852. The van der Waals surface area contributed by atoms with E-state index < -0.39 is 6.10 Å². The summed E-state index contributed by atoms with van der Waals surface area (Å²) in [7, 11) is 0. The fourth-order valence-electron chi connectivity index (χ4n) is 3.44. The Bertz CT molecular complexity index is 914. The van der Waals surface area contributed by atoms with Crippen LogP contribution in [0.15, 0.2) is 59.3 Å². The molecule has 7 nitrogen and oxygen atoms in total. The van der Waals surface area contributed by atoms with Gasteiger partial charge in [0.1, 0.15) is 24.3 Å². The number of aliphatic hydroxyl groups excluding tert-OH is 1. The Morgan fingerprint density at radius 3 is 2.69 bits per heavy atom. The van der Waals surface area contributed by atoms with E-state index >= 15 is 0 Å². The third kappa shape index (κ3) is 4.90. The predicted molar refractivity (Wildman–Crippen MR) is 106 cm³/mol. The molecule has 0 amide bonds. The maximum absolute atomic E-state index is 13.9. The first kappa shape index (κ1) is 19.4. The van der Waals surface area contributed by atoms with Gasteiger partial charge in [-0.15, -0.1) is 10.2 Å². The molecule has 29 heavy (non-hydrogen) atoms. The van der Waals surface area contributed by atoms with Gasteiger partial charge in [-0.3, -0.25) is 4.90 Å². The molecule has 1 aliphatic heterocycles. The lowest BCUT2D eigenvalue weighted by molar-refractivity contribution is 0.0663. The van der Waals surface area contributed by atoms with Crippen LogP contribution in [0.4, 0.5) is 10.1 Å². The lowest BCUT2D eigenvalue weighted by Crippen LogP contribution is -2.49. The van der Waals surface area contributed by atoms with Crippen LogP contribution in [0.3, 0.4) is 0 Å². The molecule has 1 aliphatic rings. The smallest absolute Gasteiger partial charge is 0.247 e. The summed E-state index contributed by atoms with van der Waals surface area (Å²) in [6.07, 6.45) is 0.653. The van der Waals surface area contributed by atoms with Gasteiger partial charge >= 0.3 is 0 Å². The standard InChI is InChI=1S/C21H23FN4O3/c22-19-6-1-2-7-20(19)26-10-8-25(9-11-26)13-17(27)14-28-18-5-3-4-16(12-18)21-24-23-15-29-21/h1-7,12,15,17,27H,8-11,13-14H2/t17-/m0/s1. The van der Waals surface area contributed by atoms with Crippen molar-refractivity contribution in [2.24, 2.45) is 0 Å². The fraction of sp³-hybridized carbons (Fsp3) is 0.333. The number of rotatable bonds is 7. The van der Waals surface area contributed by atoms with Crippen LogP contribution < -0.4 is 9.64 Å². The summed E-state index contributed by atoms with van der Waals surface area (Å²) < 4.78 is 24.9. The van der Waals surface area contributed by atoms with Crippen LogP contribution in [0.1, 0.15) is 0 Å². The van der Waals surface area contributed by atoms with Gasteiger partial charge in [0.05, 0.1) is 5.69 Å². The zero-order chi connectivity index (χ0) is 20.1. The molecule has 3 aromatic rings. The van der Waals surface area contributed by atoms with E-state index in [1.165, 1.54) is 12.5 Å². The van der Waals surface area contributed by atoms with Crippen molar-refractivity contribution in [2.45, 2.75) is 6.10 Å². The zero-order valence-corrected chi connectivity index (χ0v) is 15.9. The molecular weight excluding hydrogens is 375 g/mol. The summed E-state index contributed by atoms with van der Waals surface area (Å²) in [5.41, 5.74) is 1.40. The molecule has 1 atom stereocenters. The van der Waals surface area contributed by atoms with Gasteiger partial charge in [-0.2, -0.15) is 0 Å². The number of hydrogen-bond donors (Lipinski definition) is 1. The molecule has 0 bridgehead atoms. The van der Waals surface area contributed by atoms with Gasteiger partial charge in [-0.05, 0) is 30.3 Å². The van der Waals surface area contributed by atoms with Gasteiger partial charge in [-0.1, -0.05) is 18.2 Å². The highest BCUT2D eigenvalue weighted by molar-refractivity contribution is 5.55. The Hall–Kier alpha value is -2.97. The molecule has 0 saturated carbocycles. The lowest BCUT2D eigenvalue weighted by Gasteiger charge is -2.36. The molecule has 1 N–H and O–H groups in total. The second-order valence-electron chi connectivity index (χ2n) is 6.98. The van der Waals surface area contributed by atoms with Gasteiger partial charge in [-0.25, -0.2) is 4.39 Å². The molecule has 152 valence electrons. The first-order valence-electron chi connectivity index (χ1n) is 9.58. The van der Waals surface area contributed by atoms with Crippen LogP contribution in [0.25, 0.3) is 11.5 Å². The molecule has 2 aromatic carbocycles. The molecule has 1 saturated heterocycles. The minimum absolute atomic E-state index is 0.181. The van der Waals surface area contributed by atoms with Crippen LogP contribution in [0.2, 0.25) is 0 Å². The average molecular weight is 398 g/mol. The summed E-state index contributed by atoms with van der Waals surface area (Å²) in [5, 5.41) is 17.9. The predicted octanol–water partition coefficient (Wildman–Crippen LogP) is 2.44. The maximum Gasteiger partial charge on any atom is 0.247 e. The van der Waals surface area contributed by atoms with E-state index in [1.54, 1.807) is 18.2 Å². The summed E-state index contributed by atoms with van der Waals surface area (Å²) in [6.45, 7) is 3.66. The molecule has 8 heteroatoms. The number of aliphatic hydroxyl groups is 1. The number of piperazine rings is 1. The minimum atomic E-state index is -0.623. The number of aromatic nitrogens is 2. The number of anilines is 1. The number of halogens is 1. The Morgan fingerprint density at radius 2 is 1.93 bits per heavy atom. The minimum Gasteiger partial charge on any atom is -0.491 e. The van der Waals surface area contributed by atoms with E-state index in [-0.39, 0.29) is 12.4 Å². The van der Waals surface area contributed by atoms with Crippen molar-refractivity contribution in [1.82, 2.24) is 15.1 Å². The van der Waals surface area contributed by atoms with Crippen molar-refractivity contribution in [3.05, 3.63) is 60.7 Å².